The number of amides is 2. The van der Waals surface area contributed by atoms with Gasteiger partial charge in [0.05, 0.1) is 10.8 Å². The summed E-state index contributed by atoms with van der Waals surface area (Å²) in [6.45, 7) is 10.9. The smallest absolute Gasteiger partial charge is 0.238 e. The van der Waals surface area contributed by atoms with Crippen LogP contribution in [0.4, 0.5) is 10.7 Å². The van der Waals surface area contributed by atoms with Crippen molar-refractivity contribution in [1.82, 2.24) is 0 Å². The summed E-state index contributed by atoms with van der Waals surface area (Å²) >= 11 is 3.06. The van der Waals surface area contributed by atoms with Gasteiger partial charge in [-0.3, -0.25) is 9.59 Å². The molecule has 5 nitrogen and oxygen atoms in total. The molecular formula is C28H37N3O2S2. The Hall–Kier alpha value is -2.30. The maximum absolute atomic E-state index is 13.2. The predicted octanol–water partition coefficient (Wildman–Crippen LogP) is 7.41. The van der Waals surface area contributed by atoms with E-state index in [1.807, 2.05) is 31.2 Å². The molecule has 0 radical (unpaired) electrons. The molecule has 1 aliphatic carbocycles. The molecule has 2 aromatic rings. The van der Waals surface area contributed by atoms with Crippen molar-refractivity contribution in [2.24, 2.45) is 11.3 Å². The third-order valence-corrected chi connectivity index (χ3v) is 9.18. The summed E-state index contributed by atoms with van der Waals surface area (Å²) in [4.78, 5) is 27.5. The Bertz CT molecular complexity index is 1090. The average Bonchev–Trinajstić information content (AvgIpc) is 3.16. The van der Waals surface area contributed by atoms with Gasteiger partial charge in [-0.2, -0.15) is 5.26 Å². The molecule has 0 saturated carbocycles. The van der Waals surface area contributed by atoms with Crippen LogP contribution in [0.1, 0.15) is 82.7 Å². The Morgan fingerprint density at radius 2 is 2.03 bits per heavy atom. The Morgan fingerprint density at radius 1 is 1.26 bits per heavy atom. The summed E-state index contributed by atoms with van der Waals surface area (Å²) in [5.41, 5.74) is 2.74. The van der Waals surface area contributed by atoms with E-state index in [0.717, 1.165) is 48.3 Å². The number of nitrogens with one attached hydrogen (secondary N) is 2. The van der Waals surface area contributed by atoms with E-state index in [2.05, 4.69) is 44.4 Å². The van der Waals surface area contributed by atoms with E-state index in [0.29, 0.717) is 29.3 Å². The number of carbonyl (C=O) groups excluding carboxylic acids is 2. The second kappa shape index (κ2) is 12.1. The second-order valence-corrected chi connectivity index (χ2v) is 12.7. The standard InChI is InChI=1S/C28H37N3O2S2/c1-6-8-12-25(32)30-19-10-9-11-20(16-19)34-23(7-2)26(33)31-27-22(17-29)21-14-13-18(28(3,4)5)15-24(21)35-27/h9-11,16,18,23H,6-8,12-15H2,1-5H3,(H,30,32)(H,31,33). The zero-order valence-electron chi connectivity index (χ0n) is 21.5. The first kappa shape index (κ1) is 27.3. The summed E-state index contributed by atoms with van der Waals surface area (Å²) in [5.74, 6) is 0.507. The predicted molar refractivity (Wildman–Crippen MR) is 147 cm³/mol. The van der Waals surface area contributed by atoms with E-state index in [9.17, 15) is 14.9 Å². The highest BCUT2D eigenvalue weighted by atomic mass is 32.2. The molecule has 35 heavy (non-hydrogen) atoms. The van der Waals surface area contributed by atoms with Gasteiger partial charge in [-0.05, 0) is 67.2 Å². The fraction of sp³-hybridized carbons (Fsp3) is 0.536. The number of thiophene rings is 1. The van der Waals surface area contributed by atoms with Crippen molar-refractivity contribution in [1.29, 1.82) is 5.26 Å². The lowest BCUT2D eigenvalue weighted by Gasteiger charge is -2.33. The molecule has 0 fully saturated rings. The molecule has 2 unspecified atom stereocenters. The quantitative estimate of drug-likeness (QED) is 0.343. The van der Waals surface area contributed by atoms with Gasteiger partial charge in [-0.1, -0.05) is 47.1 Å². The molecule has 0 saturated heterocycles. The van der Waals surface area contributed by atoms with Crippen molar-refractivity contribution in [2.45, 2.75) is 89.7 Å². The normalized spacial score (nSPS) is 16.2. The maximum atomic E-state index is 13.2. The first-order valence-electron chi connectivity index (χ1n) is 12.6. The van der Waals surface area contributed by atoms with Gasteiger partial charge >= 0.3 is 0 Å². The zero-order chi connectivity index (χ0) is 25.6. The number of fused-ring (bicyclic) bond motifs is 1. The van der Waals surface area contributed by atoms with Gasteiger partial charge in [-0.15, -0.1) is 23.1 Å². The number of hydrogen-bond donors (Lipinski definition) is 2. The molecule has 1 aliphatic rings. The topological polar surface area (TPSA) is 82.0 Å². The maximum Gasteiger partial charge on any atom is 0.238 e. The molecule has 1 heterocycles. The Labute approximate surface area is 218 Å². The van der Waals surface area contributed by atoms with Gasteiger partial charge in [0, 0.05) is 21.9 Å². The van der Waals surface area contributed by atoms with Crippen LogP contribution in [0.5, 0.6) is 0 Å². The highest BCUT2D eigenvalue weighted by Crippen LogP contribution is 2.44. The van der Waals surface area contributed by atoms with Crippen molar-refractivity contribution in [3.63, 3.8) is 0 Å². The number of rotatable bonds is 9. The van der Waals surface area contributed by atoms with Crippen LogP contribution in [0.3, 0.4) is 0 Å². The van der Waals surface area contributed by atoms with Gasteiger partial charge < -0.3 is 10.6 Å². The lowest BCUT2D eigenvalue weighted by Crippen LogP contribution is -2.26. The SMILES string of the molecule is CCCCC(=O)Nc1cccc(SC(CC)C(=O)Nc2sc3c(c2C#N)CCC(C(C)(C)C)C3)c1. The van der Waals surface area contributed by atoms with Crippen LogP contribution < -0.4 is 10.6 Å². The van der Waals surface area contributed by atoms with Gasteiger partial charge in [0.15, 0.2) is 0 Å². The largest absolute Gasteiger partial charge is 0.326 e. The molecule has 2 N–H and O–H groups in total. The molecule has 1 aromatic carbocycles. The van der Waals surface area contributed by atoms with Crippen molar-refractivity contribution in [2.75, 3.05) is 10.6 Å². The summed E-state index contributed by atoms with van der Waals surface area (Å²) < 4.78 is 0. The molecule has 7 heteroatoms. The molecule has 0 spiro atoms. The van der Waals surface area contributed by atoms with Crippen molar-refractivity contribution in [3.05, 3.63) is 40.3 Å². The number of anilines is 2. The molecule has 2 atom stereocenters. The second-order valence-electron chi connectivity index (χ2n) is 10.3. The van der Waals surface area contributed by atoms with Gasteiger partial charge in [0.1, 0.15) is 11.1 Å². The average molecular weight is 512 g/mol. The zero-order valence-corrected chi connectivity index (χ0v) is 23.1. The fourth-order valence-corrected chi connectivity index (χ4v) is 6.71. The lowest BCUT2D eigenvalue weighted by atomic mass is 9.72. The molecular weight excluding hydrogens is 474 g/mol. The van der Waals surface area contributed by atoms with E-state index >= 15 is 0 Å². The number of benzene rings is 1. The first-order chi connectivity index (χ1) is 16.7. The molecule has 0 aliphatic heterocycles. The van der Waals surface area contributed by atoms with Gasteiger partial charge in [-0.25, -0.2) is 0 Å². The first-order valence-corrected chi connectivity index (χ1v) is 14.3. The monoisotopic (exact) mass is 511 g/mol. The van der Waals surface area contributed by atoms with Crippen LogP contribution in [0, 0.1) is 22.7 Å². The van der Waals surface area contributed by atoms with Crippen LogP contribution in [0.15, 0.2) is 29.2 Å². The number of hydrogen-bond acceptors (Lipinski definition) is 5. The fourth-order valence-electron chi connectivity index (χ4n) is 4.42. The van der Waals surface area contributed by atoms with E-state index in [-0.39, 0.29) is 22.5 Å². The minimum Gasteiger partial charge on any atom is -0.326 e. The Balaban J connectivity index is 1.70. The third kappa shape index (κ3) is 7.11. The number of thioether (sulfide) groups is 1. The van der Waals surface area contributed by atoms with E-state index in [1.54, 1.807) is 11.3 Å². The van der Waals surface area contributed by atoms with Crippen LogP contribution in [0.2, 0.25) is 0 Å². The van der Waals surface area contributed by atoms with E-state index in [1.165, 1.54) is 16.6 Å². The highest BCUT2D eigenvalue weighted by Gasteiger charge is 2.32. The van der Waals surface area contributed by atoms with Gasteiger partial charge in [0.25, 0.3) is 0 Å². The van der Waals surface area contributed by atoms with Gasteiger partial charge in [0.2, 0.25) is 11.8 Å². The number of nitriles is 1. The van der Waals surface area contributed by atoms with Crippen LogP contribution >= 0.6 is 23.1 Å². The summed E-state index contributed by atoms with van der Waals surface area (Å²) in [7, 11) is 0. The number of carbonyl (C=O) groups is 2. The lowest BCUT2D eigenvalue weighted by molar-refractivity contribution is -0.116. The molecule has 0 bridgehead atoms. The Kier molecular flexibility index (Phi) is 9.43. The van der Waals surface area contributed by atoms with Crippen LogP contribution in [-0.2, 0) is 22.4 Å². The van der Waals surface area contributed by atoms with Crippen LogP contribution in [-0.4, -0.2) is 17.1 Å². The summed E-state index contributed by atoms with van der Waals surface area (Å²) in [5, 5.41) is 16.3. The minimum absolute atomic E-state index is 0.0122. The van der Waals surface area contributed by atoms with Crippen molar-refractivity contribution < 1.29 is 9.59 Å². The molecule has 2 amide bonds. The number of unbranched alkanes of at least 4 members (excludes halogenated alkanes) is 1. The molecule has 188 valence electrons. The third-order valence-electron chi connectivity index (χ3n) is 6.66. The molecule has 3 rings (SSSR count). The van der Waals surface area contributed by atoms with Crippen molar-refractivity contribution >= 4 is 45.6 Å². The van der Waals surface area contributed by atoms with E-state index < -0.39 is 0 Å². The van der Waals surface area contributed by atoms with Crippen LogP contribution in [0.25, 0.3) is 0 Å². The molecule has 1 aromatic heterocycles. The number of nitrogens with zero attached hydrogens (tertiary/aromatic N) is 1. The summed E-state index contributed by atoms with van der Waals surface area (Å²) in [6.07, 6.45) is 5.96. The van der Waals surface area contributed by atoms with E-state index in [4.69, 9.17) is 0 Å². The highest BCUT2D eigenvalue weighted by molar-refractivity contribution is 8.00. The minimum atomic E-state index is -0.297. The van der Waals surface area contributed by atoms with Crippen molar-refractivity contribution in [3.8, 4) is 6.07 Å². The Morgan fingerprint density at radius 3 is 2.69 bits per heavy atom. The summed E-state index contributed by atoms with van der Waals surface area (Å²) in [6, 6.07) is 10.0.